The van der Waals surface area contributed by atoms with Crippen LogP contribution in [-0.2, 0) is 14.8 Å². The Bertz CT molecular complexity index is 998. The van der Waals surface area contributed by atoms with E-state index in [1.54, 1.807) is 0 Å². The zero-order valence-electron chi connectivity index (χ0n) is 17.3. The van der Waals surface area contributed by atoms with Crippen LogP contribution in [0.15, 0.2) is 42.5 Å². The van der Waals surface area contributed by atoms with E-state index in [0.29, 0.717) is 32.5 Å². The molecule has 0 spiro atoms. The molecule has 2 aromatic carbocycles. The molecule has 8 heteroatoms. The van der Waals surface area contributed by atoms with Gasteiger partial charge in [-0.1, -0.05) is 30.3 Å². The number of nitrogens with zero attached hydrogens (tertiary/aromatic N) is 1. The van der Waals surface area contributed by atoms with Crippen molar-refractivity contribution in [3.8, 4) is 16.9 Å². The van der Waals surface area contributed by atoms with Crippen molar-refractivity contribution in [3.63, 3.8) is 0 Å². The lowest BCUT2D eigenvalue weighted by Crippen LogP contribution is -2.42. The zero-order valence-corrected chi connectivity index (χ0v) is 18.1. The Morgan fingerprint density at radius 1 is 1.20 bits per heavy atom. The maximum Gasteiger partial charge on any atom is 0.259 e. The molecule has 1 aliphatic heterocycles. The molecule has 0 saturated carbocycles. The fourth-order valence-corrected chi connectivity index (χ4v) is 5.29. The van der Waals surface area contributed by atoms with Gasteiger partial charge in [-0.2, -0.15) is 0 Å². The number of benzene rings is 2. The van der Waals surface area contributed by atoms with Gasteiger partial charge in [0.15, 0.2) is 0 Å². The Hall–Kier alpha value is -2.42. The number of sulfonamides is 1. The minimum Gasteiger partial charge on any atom is -0.494 e. The second-order valence-corrected chi connectivity index (χ2v) is 9.47. The number of rotatable bonds is 7. The fourth-order valence-electron chi connectivity index (χ4n) is 3.94. The van der Waals surface area contributed by atoms with E-state index in [-0.39, 0.29) is 5.92 Å². The van der Waals surface area contributed by atoms with Crippen molar-refractivity contribution in [1.82, 2.24) is 9.79 Å². The van der Waals surface area contributed by atoms with E-state index in [1.165, 1.54) is 15.3 Å². The molecule has 1 heterocycles. The summed E-state index contributed by atoms with van der Waals surface area (Å²) < 4.78 is 31.5. The van der Waals surface area contributed by atoms with Crippen LogP contribution in [0.3, 0.4) is 0 Å². The number of hydrogen-bond donors (Lipinski definition) is 2. The summed E-state index contributed by atoms with van der Waals surface area (Å²) in [5.41, 5.74) is 5.99. The molecule has 7 nitrogen and oxygen atoms in total. The molecule has 162 valence electrons. The van der Waals surface area contributed by atoms with Crippen LogP contribution in [0, 0.1) is 6.92 Å². The number of aryl methyl sites for hydroxylation is 1. The molecule has 0 radical (unpaired) electrons. The van der Waals surface area contributed by atoms with Crippen molar-refractivity contribution in [1.29, 1.82) is 0 Å². The molecular weight excluding hydrogens is 404 g/mol. The molecule has 1 fully saturated rings. The van der Waals surface area contributed by atoms with E-state index in [9.17, 15) is 13.2 Å². The maximum atomic E-state index is 12.3. The van der Waals surface area contributed by atoms with Crippen molar-refractivity contribution in [2.24, 2.45) is 0 Å². The average Bonchev–Trinajstić information content (AvgIpc) is 2.74. The lowest BCUT2D eigenvalue weighted by Gasteiger charge is -2.31. The molecule has 2 N–H and O–H groups in total. The van der Waals surface area contributed by atoms with Crippen LogP contribution >= 0.6 is 0 Å². The van der Waals surface area contributed by atoms with Crippen LogP contribution in [0.5, 0.6) is 5.75 Å². The quantitative estimate of drug-likeness (QED) is 0.518. The molecule has 1 aliphatic rings. The van der Waals surface area contributed by atoms with Gasteiger partial charge >= 0.3 is 0 Å². The topological polar surface area (TPSA) is 95.9 Å². The number of hydrogen-bond acceptors (Lipinski definition) is 5. The number of amides is 1. The first-order valence-corrected chi connectivity index (χ1v) is 11.7. The number of carbonyl (C=O) groups excluding carboxylic acids is 1. The van der Waals surface area contributed by atoms with Crippen molar-refractivity contribution in [2.45, 2.75) is 32.6 Å². The highest BCUT2D eigenvalue weighted by Crippen LogP contribution is 2.33. The summed E-state index contributed by atoms with van der Waals surface area (Å²) in [6.45, 7) is 5.40. The highest BCUT2D eigenvalue weighted by Gasteiger charge is 2.30. The second kappa shape index (κ2) is 9.59. The van der Waals surface area contributed by atoms with E-state index in [0.717, 1.165) is 22.4 Å². The maximum absolute atomic E-state index is 12.3. The predicted octanol–water partition coefficient (Wildman–Crippen LogP) is 3.08. The molecule has 1 saturated heterocycles. The first kappa shape index (κ1) is 22.3. The summed E-state index contributed by atoms with van der Waals surface area (Å²) in [5, 5.41) is 8.57. The van der Waals surface area contributed by atoms with Crippen LogP contribution in [0.25, 0.3) is 11.1 Å². The first-order valence-electron chi connectivity index (χ1n) is 10.1. The van der Waals surface area contributed by atoms with Gasteiger partial charge in [0.2, 0.25) is 10.0 Å². The highest BCUT2D eigenvalue weighted by molar-refractivity contribution is 7.89. The number of ether oxygens (including phenoxy) is 1. The molecule has 0 bridgehead atoms. The van der Waals surface area contributed by atoms with Gasteiger partial charge in [-0.3, -0.25) is 10.0 Å². The van der Waals surface area contributed by atoms with Gasteiger partial charge in [0, 0.05) is 13.1 Å². The highest BCUT2D eigenvalue weighted by atomic mass is 32.2. The standard InChI is InChI=1S/C22H28N2O5S/c1-3-29-20-6-4-5-19(14-20)21-8-7-18(13-16(21)2)17-9-11-24(12-10-17)30(27,28)15-22(25)23-26/h4-8,13-14,17,26H,3,9-12,15H2,1-2H3,(H,23,25). The van der Waals surface area contributed by atoms with Crippen molar-refractivity contribution >= 4 is 15.9 Å². The Labute approximate surface area is 177 Å². The Kier molecular flexibility index (Phi) is 7.12. The molecule has 0 aromatic heterocycles. The normalized spacial score (nSPS) is 15.7. The summed E-state index contributed by atoms with van der Waals surface area (Å²) in [5.74, 6) is -0.535. The van der Waals surface area contributed by atoms with Gasteiger partial charge in [0.25, 0.3) is 5.91 Å². The number of carbonyl (C=O) groups is 1. The van der Waals surface area contributed by atoms with Gasteiger partial charge in [0.05, 0.1) is 6.61 Å². The summed E-state index contributed by atoms with van der Waals surface area (Å²) in [7, 11) is -3.71. The van der Waals surface area contributed by atoms with E-state index in [4.69, 9.17) is 9.94 Å². The second-order valence-electron chi connectivity index (χ2n) is 7.50. The molecule has 0 aliphatic carbocycles. The minimum atomic E-state index is -3.71. The Morgan fingerprint density at radius 3 is 2.57 bits per heavy atom. The number of nitrogens with one attached hydrogen (secondary N) is 1. The summed E-state index contributed by atoms with van der Waals surface area (Å²) in [6.07, 6.45) is 1.39. The monoisotopic (exact) mass is 432 g/mol. The van der Waals surface area contributed by atoms with Crippen LogP contribution in [0.2, 0.25) is 0 Å². The lowest BCUT2D eigenvalue weighted by atomic mass is 9.87. The first-order chi connectivity index (χ1) is 14.3. The molecule has 3 rings (SSSR count). The van der Waals surface area contributed by atoms with Crippen LogP contribution in [0.4, 0.5) is 0 Å². The van der Waals surface area contributed by atoms with Crippen molar-refractivity contribution in [2.75, 3.05) is 25.4 Å². The molecule has 0 unspecified atom stereocenters. The van der Waals surface area contributed by atoms with E-state index in [1.807, 2.05) is 25.1 Å². The van der Waals surface area contributed by atoms with Crippen LogP contribution in [0.1, 0.15) is 36.8 Å². The van der Waals surface area contributed by atoms with Gasteiger partial charge in [-0.05, 0) is 67.0 Å². The molecule has 30 heavy (non-hydrogen) atoms. The van der Waals surface area contributed by atoms with E-state index in [2.05, 4.69) is 31.2 Å². The number of hydroxylamine groups is 1. The Balaban J connectivity index is 1.69. The third-order valence-corrected chi connectivity index (χ3v) is 7.24. The van der Waals surface area contributed by atoms with E-state index >= 15 is 0 Å². The molecule has 0 atom stereocenters. The summed E-state index contributed by atoms with van der Waals surface area (Å²) in [4.78, 5) is 11.2. The third-order valence-electron chi connectivity index (χ3n) is 5.46. The molecule has 2 aromatic rings. The van der Waals surface area contributed by atoms with Crippen LogP contribution < -0.4 is 10.2 Å². The van der Waals surface area contributed by atoms with Crippen molar-refractivity contribution < 1.29 is 23.2 Å². The van der Waals surface area contributed by atoms with Gasteiger partial charge in [-0.15, -0.1) is 0 Å². The SMILES string of the molecule is CCOc1cccc(-c2ccc(C3CCN(S(=O)(=O)CC(=O)NO)CC3)cc2C)c1. The van der Waals surface area contributed by atoms with E-state index < -0.39 is 21.7 Å². The smallest absolute Gasteiger partial charge is 0.259 e. The van der Waals surface area contributed by atoms with Crippen molar-refractivity contribution in [3.05, 3.63) is 53.6 Å². The fraction of sp³-hybridized carbons (Fsp3) is 0.409. The average molecular weight is 433 g/mol. The summed E-state index contributed by atoms with van der Waals surface area (Å²) >= 11 is 0. The van der Waals surface area contributed by atoms with Crippen LogP contribution in [-0.4, -0.2) is 49.3 Å². The largest absolute Gasteiger partial charge is 0.494 e. The third kappa shape index (κ3) is 5.19. The molecular formula is C22H28N2O5S. The molecule has 1 amide bonds. The number of piperidine rings is 1. The van der Waals surface area contributed by atoms with Gasteiger partial charge in [0.1, 0.15) is 11.5 Å². The minimum absolute atomic E-state index is 0.269. The lowest BCUT2D eigenvalue weighted by molar-refractivity contribution is -0.126. The summed E-state index contributed by atoms with van der Waals surface area (Å²) in [6, 6.07) is 14.4. The zero-order chi connectivity index (χ0) is 21.7. The predicted molar refractivity (Wildman–Crippen MR) is 115 cm³/mol. The van der Waals surface area contributed by atoms with Gasteiger partial charge < -0.3 is 4.74 Å². The van der Waals surface area contributed by atoms with Gasteiger partial charge in [-0.25, -0.2) is 18.2 Å². The Morgan fingerprint density at radius 2 is 1.93 bits per heavy atom.